The van der Waals surface area contributed by atoms with Gasteiger partial charge in [0.25, 0.3) is 0 Å². The van der Waals surface area contributed by atoms with Gasteiger partial charge in [-0.2, -0.15) is 4.31 Å². The molecule has 156 valence electrons. The highest BCUT2D eigenvalue weighted by Gasteiger charge is 2.26. The maximum Gasteiger partial charge on any atom is 0.312 e. The molecular formula is C20H24N2O6S. The Hall–Kier alpha value is -2.91. The van der Waals surface area contributed by atoms with Crippen LogP contribution in [0.25, 0.3) is 6.08 Å². The molecule has 0 aliphatic heterocycles. The molecule has 0 amide bonds. The number of benzene rings is 2. The maximum absolute atomic E-state index is 12.7. The van der Waals surface area contributed by atoms with Crippen LogP contribution in [-0.2, 0) is 10.0 Å². The van der Waals surface area contributed by atoms with Gasteiger partial charge in [-0.15, -0.1) is 0 Å². The first-order valence-electron chi connectivity index (χ1n) is 9.05. The Balaban J connectivity index is 2.49. The first-order chi connectivity index (χ1) is 13.8. The minimum absolute atomic E-state index is 0.0782. The zero-order chi connectivity index (χ0) is 21.6. The molecule has 2 rings (SSSR count). The summed E-state index contributed by atoms with van der Waals surface area (Å²) in [4.78, 5) is 10.7. The summed E-state index contributed by atoms with van der Waals surface area (Å²) < 4.78 is 37.6. The molecule has 0 radical (unpaired) electrons. The summed E-state index contributed by atoms with van der Waals surface area (Å²) in [5.41, 5.74) is 0.435. The molecule has 0 aliphatic carbocycles. The second-order valence-corrected chi connectivity index (χ2v) is 7.93. The van der Waals surface area contributed by atoms with Crippen LogP contribution in [0.1, 0.15) is 26.3 Å². The third-order valence-corrected chi connectivity index (χ3v) is 6.28. The standard InChI is InChI=1S/C20H24N2O6S/c1-5-8-15-9-11-19(20(13-15)27-4)28-18-12-10-16(14-17(18)22(23)24)29(25,26)21(6-2)7-3/h5,8-14H,6-7H2,1-4H3/b8-5+. The van der Waals surface area contributed by atoms with Crippen LogP contribution < -0.4 is 9.47 Å². The molecule has 0 N–H and O–H groups in total. The van der Waals surface area contributed by atoms with Crippen molar-refractivity contribution in [3.05, 3.63) is 58.2 Å². The van der Waals surface area contributed by atoms with Gasteiger partial charge >= 0.3 is 5.69 Å². The molecule has 2 aromatic rings. The Morgan fingerprint density at radius 1 is 1.07 bits per heavy atom. The summed E-state index contributed by atoms with van der Waals surface area (Å²) in [6.45, 7) is 5.82. The number of hydrogen-bond acceptors (Lipinski definition) is 6. The second kappa shape index (κ2) is 9.53. The van der Waals surface area contributed by atoms with E-state index in [1.807, 2.05) is 19.1 Å². The fourth-order valence-corrected chi connectivity index (χ4v) is 4.26. The lowest BCUT2D eigenvalue weighted by molar-refractivity contribution is -0.385. The van der Waals surface area contributed by atoms with E-state index in [9.17, 15) is 18.5 Å². The Labute approximate surface area is 170 Å². The third kappa shape index (κ3) is 4.93. The van der Waals surface area contributed by atoms with E-state index in [4.69, 9.17) is 9.47 Å². The van der Waals surface area contributed by atoms with Crippen molar-refractivity contribution < 1.29 is 22.8 Å². The normalized spacial score (nSPS) is 11.8. The highest BCUT2D eigenvalue weighted by atomic mass is 32.2. The van der Waals surface area contributed by atoms with Crippen molar-refractivity contribution in [1.82, 2.24) is 4.31 Å². The first-order valence-corrected chi connectivity index (χ1v) is 10.5. The number of hydrogen-bond donors (Lipinski definition) is 0. The molecule has 0 unspecified atom stereocenters. The molecule has 0 saturated carbocycles. The number of sulfonamides is 1. The van der Waals surface area contributed by atoms with Crippen LogP contribution in [0.5, 0.6) is 17.2 Å². The number of allylic oxidation sites excluding steroid dienone is 1. The van der Waals surface area contributed by atoms with E-state index in [2.05, 4.69) is 0 Å². The van der Waals surface area contributed by atoms with Crippen LogP contribution in [0.4, 0.5) is 5.69 Å². The van der Waals surface area contributed by atoms with Crippen molar-refractivity contribution in [3.8, 4) is 17.2 Å². The maximum atomic E-state index is 12.7. The minimum atomic E-state index is -3.83. The van der Waals surface area contributed by atoms with Gasteiger partial charge in [0.15, 0.2) is 11.5 Å². The number of nitro groups is 1. The second-order valence-electron chi connectivity index (χ2n) is 5.99. The lowest BCUT2D eigenvalue weighted by Gasteiger charge is -2.18. The predicted molar refractivity (Wildman–Crippen MR) is 111 cm³/mol. The van der Waals surface area contributed by atoms with E-state index in [-0.39, 0.29) is 29.5 Å². The molecule has 2 aromatic carbocycles. The average molecular weight is 420 g/mol. The van der Waals surface area contributed by atoms with E-state index in [1.165, 1.54) is 23.5 Å². The molecule has 0 aromatic heterocycles. The molecule has 8 nitrogen and oxygen atoms in total. The zero-order valence-corrected chi connectivity index (χ0v) is 17.6. The molecule has 0 bridgehead atoms. The number of methoxy groups -OCH3 is 1. The van der Waals surface area contributed by atoms with Crippen LogP contribution in [0.15, 0.2) is 47.4 Å². The van der Waals surface area contributed by atoms with E-state index in [1.54, 1.807) is 32.0 Å². The van der Waals surface area contributed by atoms with Gasteiger partial charge in [0.05, 0.1) is 16.9 Å². The molecule has 0 fully saturated rings. The smallest absolute Gasteiger partial charge is 0.312 e. The summed E-state index contributed by atoms with van der Waals surface area (Å²) in [6, 6.07) is 8.76. The van der Waals surface area contributed by atoms with Gasteiger partial charge in [-0.05, 0) is 36.8 Å². The van der Waals surface area contributed by atoms with Crippen molar-refractivity contribution in [2.24, 2.45) is 0 Å². The van der Waals surface area contributed by atoms with Crippen LogP contribution in [-0.4, -0.2) is 37.8 Å². The quantitative estimate of drug-likeness (QED) is 0.439. The van der Waals surface area contributed by atoms with Gasteiger partial charge in [-0.3, -0.25) is 10.1 Å². The summed E-state index contributed by atoms with van der Waals surface area (Å²) in [7, 11) is -2.36. The van der Waals surface area contributed by atoms with E-state index < -0.39 is 20.6 Å². The number of nitrogens with zero attached hydrogens (tertiary/aromatic N) is 2. The lowest BCUT2D eigenvalue weighted by Crippen LogP contribution is -2.30. The molecule has 0 spiro atoms. The molecule has 0 atom stereocenters. The monoisotopic (exact) mass is 420 g/mol. The number of rotatable bonds is 9. The first kappa shape index (κ1) is 22.4. The Morgan fingerprint density at radius 2 is 1.72 bits per heavy atom. The molecule has 29 heavy (non-hydrogen) atoms. The topological polar surface area (TPSA) is 99.0 Å². The lowest BCUT2D eigenvalue weighted by atomic mass is 10.2. The van der Waals surface area contributed by atoms with Crippen molar-refractivity contribution in [1.29, 1.82) is 0 Å². The van der Waals surface area contributed by atoms with Gasteiger partial charge in [0.1, 0.15) is 0 Å². The van der Waals surface area contributed by atoms with Crippen molar-refractivity contribution in [3.63, 3.8) is 0 Å². The van der Waals surface area contributed by atoms with Crippen LogP contribution in [0, 0.1) is 10.1 Å². The number of ether oxygens (including phenoxy) is 2. The zero-order valence-electron chi connectivity index (χ0n) is 16.8. The predicted octanol–water partition coefficient (Wildman–Crippen LogP) is 4.46. The fourth-order valence-electron chi connectivity index (χ4n) is 2.78. The van der Waals surface area contributed by atoms with E-state index >= 15 is 0 Å². The molecule has 0 heterocycles. The molecule has 9 heteroatoms. The highest BCUT2D eigenvalue weighted by molar-refractivity contribution is 7.89. The summed E-state index contributed by atoms with van der Waals surface area (Å²) in [5.74, 6) is 0.600. The van der Waals surface area contributed by atoms with Crippen molar-refractivity contribution in [2.75, 3.05) is 20.2 Å². The summed E-state index contributed by atoms with van der Waals surface area (Å²) in [5, 5.41) is 11.6. The summed E-state index contributed by atoms with van der Waals surface area (Å²) >= 11 is 0. The summed E-state index contributed by atoms with van der Waals surface area (Å²) in [6.07, 6.45) is 3.75. The highest BCUT2D eigenvalue weighted by Crippen LogP contribution is 2.38. The Bertz CT molecular complexity index is 1010. The van der Waals surface area contributed by atoms with Crippen molar-refractivity contribution >= 4 is 21.8 Å². The Kier molecular flexibility index (Phi) is 7.35. The van der Waals surface area contributed by atoms with E-state index in [0.29, 0.717) is 5.75 Å². The molecule has 0 saturated heterocycles. The minimum Gasteiger partial charge on any atom is -0.493 e. The van der Waals surface area contributed by atoms with Gasteiger partial charge < -0.3 is 9.47 Å². The third-order valence-electron chi connectivity index (χ3n) is 4.24. The van der Waals surface area contributed by atoms with Crippen molar-refractivity contribution in [2.45, 2.75) is 25.7 Å². The largest absolute Gasteiger partial charge is 0.493 e. The van der Waals surface area contributed by atoms with Gasteiger partial charge in [0.2, 0.25) is 15.8 Å². The average Bonchev–Trinajstić information content (AvgIpc) is 2.70. The molecule has 0 aliphatic rings. The van der Waals surface area contributed by atoms with Crippen LogP contribution in [0.2, 0.25) is 0 Å². The Morgan fingerprint density at radius 3 is 2.28 bits per heavy atom. The van der Waals surface area contributed by atoms with E-state index in [0.717, 1.165) is 11.6 Å². The van der Waals surface area contributed by atoms with Crippen LogP contribution >= 0.6 is 0 Å². The number of nitro benzene ring substituents is 1. The van der Waals surface area contributed by atoms with Gasteiger partial charge in [-0.1, -0.05) is 32.1 Å². The molecular weight excluding hydrogens is 396 g/mol. The van der Waals surface area contributed by atoms with Crippen LogP contribution in [0.3, 0.4) is 0 Å². The van der Waals surface area contributed by atoms with Gasteiger partial charge in [-0.25, -0.2) is 8.42 Å². The SMILES string of the molecule is C/C=C/c1ccc(Oc2ccc(S(=O)(=O)N(CC)CC)cc2[N+](=O)[O-])c(OC)c1. The fraction of sp³-hybridized carbons (Fsp3) is 0.300. The van der Waals surface area contributed by atoms with Gasteiger partial charge in [0, 0.05) is 19.2 Å².